The van der Waals surface area contributed by atoms with E-state index in [1.54, 1.807) is 0 Å². The number of aromatic nitrogens is 7. The summed E-state index contributed by atoms with van der Waals surface area (Å²) in [5, 5.41) is 36.6. The van der Waals surface area contributed by atoms with Crippen molar-refractivity contribution in [2.45, 2.75) is 12.4 Å². The molecule has 0 saturated heterocycles. The Kier molecular flexibility index (Phi) is 10.6. The molecule has 1 amide bonds. The van der Waals surface area contributed by atoms with Gasteiger partial charge in [-0.2, -0.15) is 26.3 Å². The van der Waals surface area contributed by atoms with Crippen molar-refractivity contribution in [2.75, 3.05) is 33.5 Å². The van der Waals surface area contributed by atoms with Crippen LogP contribution in [0.3, 0.4) is 0 Å². The van der Waals surface area contributed by atoms with Gasteiger partial charge in [0.2, 0.25) is 0 Å². The molecule has 3 N–H and O–H groups in total. The maximum atomic E-state index is 13.6. The molecule has 0 aliphatic heterocycles. The summed E-state index contributed by atoms with van der Waals surface area (Å²) < 4.78 is 93.9. The fourth-order valence-electron chi connectivity index (χ4n) is 4.71. The SMILES string of the molecule is COCCOCCNC(=O)c1cc(-c2cn(-c3ccc(C(=O)O)c(C(F)(F)F)c3)nn2)nc(-c2cn(-c3ccc(C(=O)O)c(C(F)(F)F)c3)nn2)c1. The Hall–Kier alpha value is -6.22. The number of ether oxygens (including phenoxy) is 2. The number of aromatic carboxylic acids is 2. The number of halogens is 6. The molecule has 0 fully saturated rings. The van der Waals surface area contributed by atoms with E-state index in [1.165, 1.54) is 31.6 Å². The zero-order chi connectivity index (χ0) is 37.8. The molecule has 0 saturated carbocycles. The number of amides is 1. The van der Waals surface area contributed by atoms with E-state index in [0.717, 1.165) is 33.6 Å². The van der Waals surface area contributed by atoms with Crippen LogP contribution in [0.25, 0.3) is 34.2 Å². The van der Waals surface area contributed by atoms with Crippen LogP contribution in [0.15, 0.2) is 60.9 Å². The number of nitrogens with one attached hydrogen (secondary N) is 1. The van der Waals surface area contributed by atoms with Crippen molar-refractivity contribution in [1.82, 2.24) is 40.3 Å². The maximum absolute atomic E-state index is 13.6. The first kappa shape index (κ1) is 37.0. The van der Waals surface area contributed by atoms with Crippen LogP contribution in [-0.4, -0.2) is 96.5 Å². The van der Waals surface area contributed by atoms with Crippen molar-refractivity contribution in [3.63, 3.8) is 0 Å². The number of rotatable bonds is 13. The number of hydrogen-bond acceptors (Lipinski definition) is 10. The number of carboxylic acids is 2. The van der Waals surface area contributed by atoms with Crippen molar-refractivity contribution >= 4 is 17.8 Å². The Morgan fingerprint density at radius 3 is 1.62 bits per heavy atom. The van der Waals surface area contributed by atoms with Gasteiger partial charge in [0.05, 0.1) is 77.2 Å². The molecule has 52 heavy (non-hydrogen) atoms. The first-order valence-electron chi connectivity index (χ1n) is 14.7. The predicted molar refractivity (Wildman–Crippen MR) is 164 cm³/mol. The maximum Gasteiger partial charge on any atom is 0.417 e. The second-order valence-corrected chi connectivity index (χ2v) is 10.6. The van der Waals surface area contributed by atoms with Gasteiger partial charge in [-0.25, -0.2) is 23.9 Å². The summed E-state index contributed by atoms with van der Waals surface area (Å²) in [6.45, 7) is 0.802. The molecule has 3 aromatic heterocycles. The molecule has 0 aliphatic rings. The molecule has 0 atom stereocenters. The van der Waals surface area contributed by atoms with E-state index in [2.05, 4.69) is 30.9 Å². The van der Waals surface area contributed by atoms with Gasteiger partial charge in [-0.1, -0.05) is 10.4 Å². The molecule has 21 heteroatoms. The highest BCUT2D eigenvalue weighted by molar-refractivity contribution is 5.96. The summed E-state index contributed by atoms with van der Waals surface area (Å²) in [4.78, 5) is 40.4. The quantitative estimate of drug-likeness (QED) is 0.114. The second-order valence-electron chi connectivity index (χ2n) is 10.6. The highest BCUT2D eigenvalue weighted by Crippen LogP contribution is 2.35. The van der Waals surface area contributed by atoms with Gasteiger partial charge in [-0.05, 0) is 48.5 Å². The fourth-order valence-corrected chi connectivity index (χ4v) is 4.71. The van der Waals surface area contributed by atoms with Crippen LogP contribution in [0.2, 0.25) is 0 Å². The molecule has 0 radical (unpaired) electrons. The second kappa shape index (κ2) is 14.9. The van der Waals surface area contributed by atoms with E-state index < -0.39 is 52.5 Å². The Labute approximate surface area is 287 Å². The van der Waals surface area contributed by atoms with Crippen LogP contribution in [0, 0.1) is 0 Å². The molecule has 3 heterocycles. The lowest BCUT2D eigenvalue weighted by Crippen LogP contribution is -2.27. The van der Waals surface area contributed by atoms with Crippen molar-refractivity contribution < 1.29 is 60.4 Å². The number of nitrogens with zero attached hydrogens (tertiary/aromatic N) is 7. The Morgan fingerprint density at radius 1 is 0.712 bits per heavy atom. The lowest BCUT2D eigenvalue weighted by atomic mass is 10.1. The summed E-state index contributed by atoms with van der Waals surface area (Å²) in [6, 6.07) is 7.42. The lowest BCUT2D eigenvalue weighted by molar-refractivity contribution is -0.138. The minimum Gasteiger partial charge on any atom is -0.478 e. The van der Waals surface area contributed by atoms with Crippen molar-refractivity contribution in [3.05, 3.63) is 88.7 Å². The molecular weight excluding hydrogens is 710 g/mol. The van der Waals surface area contributed by atoms with Crippen LogP contribution in [0.4, 0.5) is 26.3 Å². The molecule has 0 unspecified atom stereocenters. The number of carbonyl (C=O) groups is 3. The number of pyridine rings is 1. The standard InChI is InChI=1S/C31H24F6N8O7/c1-51-8-9-52-7-6-38-27(46)16-10-23(25-14-44(42-40-25)17-2-4-19(28(47)48)21(12-17)30(32,33)34)39-24(11-16)26-15-45(43-41-26)18-3-5-20(29(49)50)22(13-18)31(35,36)37/h2-5,10-15H,6-9H2,1H3,(H,38,46)(H,47,48)(H,49,50). The third-order valence-corrected chi connectivity index (χ3v) is 7.17. The molecule has 15 nitrogen and oxygen atoms in total. The lowest BCUT2D eigenvalue weighted by Gasteiger charge is -2.12. The topological polar surface area (TPSA) is 196 Å². The number of carbonyl (C=O) groups excluding carboxylic acids is 1. The van der Waals surface area contributed by atoms with E-state index >= 15 is 0 Å². The molecule has 272 valence electrons. The number of alkyl halides is 6. The summed E-state index contributed by atoms with van der Waals surface area (Å²) in [5.74, 6) is -4.21. The van der Waals surface area contributed by atoms with E-state index in [-0.39, 0.29) is 59.5 Å². The zero-order valence-electron chi connectivity index (χ0n) is 26.4. The minimum atomic E-state index is -5.01. The Bertz CT molecular complexity index is 2000. The first-order chi connectivity index (χ1) is 24.6. The molecule has 0 bridgehead atoms. The van der Waals surface area contributed by atoms with Crippen LogP contribution >= 0.6 is 0 Å². The third kappa shape index (κ3) is 8.38. The summed E-state index contributed by atoms with van der Waals surface area (Å²) in [5.41, 5.74) is -5.42. The van der Waals surface area contributed by atoms with Gasteiger partial charge >= 0.3 is 24.3 Å². The average molecular weight is 735 g/mol. The van der Waals surface area contributed by atoms with E-state index in [0.29, 0.717) is 18.7 Å². The number of hydrogen-bond donors (Lipinski definition) is 3. The predicted octanol–water partition coefficient (Wildman–Crippen LogP) is 4.40. The zero-order valence-corrected chi connectivity index (χ0v) is 26.4. The summed E-state index contributed by atoms with van der Waals surface area (Å²) >= 11 is 0. The van der Waals surface area contributed by atoms with Crippen LogP contribution in [0.1, 0.15) is 42.2 Å². The average Bonchev–Trinajstić information content (AvgIpc) is 3.80. The van der Waals surface area contributed by atoms with Crippen molar-refractivity contribution in [2.24, 2.45) is 0 Å². The van der Waals surface area contributed by atoms with Gasteiger partial charge in [0.25, 0.3) is 5.91 Å². The van der Waals surface area contributed by atoms with E-state index in [1.807, 2.05) is 0 Å². The minimum absolute atomic E-state index is 0.0173. The Balaban J connectivity index is 1.53. The highest BCUT2D eigenvalue weighted by Gasteiger charge is 2.37. The van der Waals surface area contributed by atoms with Crippen molar-refractivity contribution in [1.29, 1.82) is 0 Å². The van der Waals surface area contributed by atoms with E-state index in [9.17, 15) is 50.9 Å². The third-order valence-electron chi connectivity index (χ3n) is 7.17. The number of benzene rings is 2. The van der Waals surface area contributed by atoms with Crippen LogP contribution in [-0.2, 0) is 21.8 Å². The molecule has 0 aliphatic carbocycles. The molecule has 5 aromatic rings. The highest BCUT2D eigenvalue weighted by atomic mass is 19.4. The van der Waals surface area contributed by atoms with Gasteiger partial charge in [0.15, 0.2) is 0 Å². The summed E-state index contributed by atoms with van der Waals surface area (Å²) in [7, 11) is 1.49. The molecule has 0 spiro atoms. The monoisotopic (exact) mass is 734 g/mol. The van der Waals surface area contributed by atoms with Gasteiger partial charge in [-0.15, -0.1) is 10.2 Å². The molecule has 5 rings (SSSR count). The van der Waals surface area contributed by atoms with Gasteiger partial charge < -0.3 is 25.0 Å². The van der Waals surface area contributed by atoms with Gasteiger partial charge in [-0.3, -0.25) is 4.79 Å². The molecular formula is C31H24F6N8O7. The molecule has 2 aromatic carbocycles. The number of carboxylic acid groups (broad SMARTS) is 2. The fraction of sp³-hybridized carbons (Fsp3) is 0.226. The largest absolute Gasteiger partial charge is 0.478 e. The normalized spacial score (nSPS) is 11.8. The van der Waals surface area contributed by atoms with Gasteiger partial charge in [0, 0.05) is 19.2 Å². The number of methoxy groups -OCH3 is 1. The summed E-state index contributed by atoms with van der Waals surface area (Å²) in [6.07, 6.45) is -7.67. The smallest absolute Gasteiger partial charge is 0.417 e. The van der Waals surface area contributed by atoms with Crippen molar-refractivity contribution in [3.8, 4) is 34.2 Å². The van der Waals surface area contributed by atoms with Crippen LogP contribution < -0.4 is 5.32 Å². The Morgan fingerprint density at radius 2 is 1.19 bits per heavy atom. The van der Waals surface area contributed by atoms with Crippen LogP contribution in [0.5, 0.6) is 0 Å². The van der Waals surface area contributed by atoms with Gasteiger partial charge in [0.1, 0.15) is 11.4 Å². The van der Waals surface area contributed by atoms with E-state index in [4.69, 9.17) is 9.47 Å². The first-order valence-corrected chi connectivity index (χ1v) is 14.7.